The summed E-state index contributed by atoms with van der Waals surface area (Å²) >= 11 is 5.95. The maximum absolute atomic E-state index is 13.1. The van der Waals surface area contributed by atoms with Crippen molar-refractivity contribution < 1.29 is 31.1 Å². The third kappa shape index (κ3) is 4.46. The summed E-state index contributed by atoms with van der Waals surface area (Å²) in [5.41, 5.74) is -2.67. The molecule has 2 aromatic carbocycles. The van der Waals surface area contributed by atoms with Crippen LogP contribution in [0.25, 0.3) is 16.7 Å². The van der Waals surface area contributed by atoms with Crippen LogP contribution in [0.4, 0.5) is 26.3 Å². The van der Waals surface area contributed by atoms with Gasteiger partial charge in [-0.1, -0.05) is 17.7 Å². The third-order valence-electron chi connectivity index (χ3n) is 4.61. The van der Waals surface area contributed by atoms with Crippen molar-refractivity contribution >= 4 is 28.5 Å². The average molecular weight is 502 g/mol. The molecule has 2 aromatic heterocycles. The van der Waals surface area contributed by atoms with E-state index in [0.29, 0.717) is 15.4 Å². The Hall–Kier alpha value is -3.87. The molecule has 4 rings (SSSR count). The fraction of sp³-hybridized carbons (Fsp3) is 0.100. The van der Waals surface area contributed by atoms with Crippen LogP contribution in [0, 0.1) is 0 Å². The zero-order valence-electron chi connectivity index (χ0n) is 16.4. The summed E-state index contributed by atoms with van der Waals surface area (Å²) in [6.07, 6.45) is -8.28. The molecule has 4 aromatic rings. The van der Waals surface area contributed by atoms with Crippen LogP contribution in [-0.4, -0.2) is 25.3 Å². The Bertz CT molecular complexity index is 1440. The normalized spacial score (nSPS) is 12.2. The van der Waals surface area contributed by atoms with Crippen molar-refractivity contribution in [1.29, 1.82) is 0 Å². The second-order valence-electron chi connectivity index (χ2n) is 6.93. The lowest BCUT2D eigenvalue weighted by atomic mass is 10.0. The van der Waals surface area contributed by atoms with Gasteiger partial charge in [-0.3, -0.25) is 15.0 Å². The number of halogens is 7. The van der Waals surface area contributed by atoms with Crippen LogP contribution < -0.4 is 11.0 Å². The highest BCUT2D eigenvalue weighted by molar-refractivity contribution is 6.30. The molecule has 0 aliphatic carbocycles. The number of rotatable bonds is 3. The minimum absolute atomic E-state index is 0.0798. The Balaban J connectivity index is 1.71. The molecule has 1 N–H and O–H groups in total. The molecular formula is C20H10ClF6N5O2. The van der Waals surface area contributed by atoms with Gasteiger partial charge >= 0.3 is 12.4 Å². The van der Waals surface area contributed by atoms with Gasteiger partial charge in [-0.05, 0) is 36.4 Å². The van der Waals surface area contributed by atoms with Crippen LogP contribution in [0.5, 0.6) is 0 Å². The van der Waals surface area contributed by atoms with Gasteiger partial charge in [0.2, 0.25) is 0 Å². The van der Waals surface area contributed by atoms with E-state index in [1.807, 2.05) is 5.43 Å². The van der Waals surface area contributed by atoms with Crippen LogP contribution in [0.15, 0.2) is 59.8 Å². The Labute approximate surface area is 190 Å². The maximum atomic E-state index is 13.1. The second-order valence-corrected chi connectivity index (χ2v) is 7.37. The van der Waals surface area contributed by atoms with Gasteiger partial charge in [0.25, 0.3) is 11.5 Å². The highest BCUT2D eigenvalue weighted by atomic mass is 35.5. The summed E-state index contributed by atoms with van der Waals surface area (Å²) in [5.74, 6) is -1.39. The molecule has 0 saturated carbocycles. The number of alkyl halides is 6. The molecule has 0 aliphatic heterocycles. The maximum Gasteiger partial charge on any atom is 0.416 e. The number of nitrogens with one attached hydrogen (secondary N) is 1. The van der Waals surface area contributed by atoms with E-state index in [1.165, 1.54) is 4.68 Å². The number of hydrogen-bond acceptors (Lipinski definition) is 4. The number of hydrogen-bond donors (Lipinski definition) is 1. The van der Waals surface area contributed by atoms with Crippen LogP contribution in [0.2, 0.25) is 5.02 Å². The lowest BCUT2D eigenvalue weighted by Crippen LogP contribution is -2.33. The molecule has 7 nitrogen and oxygen atoms in total. The minimum atomic E-state index is -5.14. The first-order valence-corrected chi connectivity index (χ1v) is 9.54. The monoisotopic (exact) mass is 501 g/mol. The van der Waals surface area contributed by atoms with E-state index >= 15 is 0 Å². The van der Waals surface area contributed by atoms with Crippen molar-refractivity contribution in [3.63, 3.8) is 0 Å². The van der Waals surface area contributed by atoms with Gasteiger partial charge in [-0.15, -0.1) is 0 Å². The zero-order valence-corrected chi connectivity index (χ0v) is 17.2. The minimum Gasteiger partial charge on any atom is -0.267 e. The number of carbonyl (C=O) groups excluding carboxylic acids is 1. The highest BCUT2D eigenvalue weighted by Crippen LogP contribution is 2.36. The average Bonchev–Trinajstić information content (AvgIpc) is 3.19. The highest BCUT2D eigenvalue weighted by Gasteiger charge is 2.37. The largest absolute Gasteiger partial charge is 0.416 e. The van der Waals surface area contributed by atoms with Crippen molar-refractivity contribution in [2.45, 2.75) is 12.4 Å². The van der Waals surface area contributed by atoms with Crippen LogP contribution in [0.1, 0.15) is 21.5 Å². The van der Waals surface area contributed by atoms with E-state index in [1.54, 1.807) is 24.3 Å². The van der Waals surface area contributed by atoms with Crippen molar-refractivity contribution in [2.75, 3.05) is 5.43 Å². The number of aromatic nitrogens is 4. The van der Waals surface area contributed by atoms with Crippen molar-refractivity contribution in [3.05, 3.63) is 87.1 Å². The molecule has 0 aliphatic rings. The van der Waals surface area contributed by atoms with E-state index in [2.05, 4.69) is 10.1 Å². The van der Waals surface area contributed by atoms with Gasteiger partial charge in [0, 0.05) is 10.6 Å². The van der Waals surface area contributed by atoms with E-state index < -0.39 is 40.5 Å². The first-order chi connectivity index (χ1) is 15.8. The smallest absolute Gasteiger partial charge is 0.267 e. The Morgan fingerprint density at radius 1 is 0.971 bits per heavy atom. The fourth-order valence-corrected chi connectivity index (χ4v) is 3.23. The van der Waals surface area contributed by atoms with Crippen molar-refractivity contribution in [3.8, 4) is 5.69 Å². The second kappa shape index (κ2) is 8.17. The summed E-state index contributed by atoms with van der Waals surface area (Å²) < 4.78 is 80.1. The predicted octanol–water partition coefficient (Wildman–Crippen LogP) is 4.66. The molecule has 0 radical (unpaired) electrons. The summed E-state index contributed by atoms with van der Waals surface area (Å²) in [5, 5.41) is 4.35. The van der Waals surface area contributed by atoms with Crippen LogP contribution in [-0.2, 0) is 12.4 Å². The van der Waals surface area contributed by atoms with Crippen LogP contribution in [0.3, 0.4) is 0 Å². The molecule has 0 spiro atoms. The Morgan fingerprint density at radius 3 is 2.21 bits per heavy atom. The SMILES string of the molecule is O=C(Nn1cnc2c(cnn2-c2cccc(Cl)c2)c1=O)c1cc(C(F)(F)F)cc(C(F)(F)F)c1. The molecule has 14 heteroatoms. The van der Waals surface area contributed by atoms with Crippen molar-refractivity contribution in [2.24, 2.45) is 0 Å². The van der Waals surface area contributed by atoms with Gasteiger partial charge in [-0.25, -0.2) is 14.3 Å². The lowest BCUT2D eigenvalue weighted by Gasteiger charge is -2.14. The third-order valence-corrected chi connectivity index (χ3v) is 4.85. The molecule has 0 fully saturated rings. The number of benzene rings is 2. The number of carbonyl (C=O) groups is 1. The topological polar surface area (TPSA) is 81.8 Å². The van der Waals surface area contributed by atoms with E-state index in [0.717, 1.165) is 12.5 Å². The van der Waals surface area contributed by atoms with Gasteiger partial charge in [0.1, 0.15) is 11.7 Å². The van der Waals surface area contributed by atoms with E-state index in [-0.39, 0.29) is 29.2 Å². The first-order valence-electron chi connectivity index (χ1n) is 9.17. The first kappa shape index (κ1) is 23.3. The van der Waals surface area contributed by atoms with Crippen molar-refractivity contribution in [1.82, 2.24) is 19.4 Å². The molecule has 176 valence electrons. The predicted molar refractivity (Wildman–Crippen MR) is 108 cm³/mol. The summed E-state index contributed by atoms with van der Waals surface area (Å²) in [6, 6.07) is 6.83. The molecule has 1 amide bonds. The quantitative estimate of drug-likeness (QED) is 0.414. The fourth-order valence-electron chi connectivity index (χ4n) is 3.05. The van der Waals surface area contributed by atoms with E-state index in [4.69, 9.17) is 11.6 Å². The molecular weight excluding hydrogens is 492 g/mol. The van der Waals surface area contributed by atoms with Gasteiger partial charge in [0.15, 0.2) is 5.65 Å². The lowest BCUT2D eigenvalue weighted by molar-refractivity contribution is -0.143. The molecule has 0 atom stereocenters. The number of amides is 1. The standard InChI is InChI=1S/C20H10ClF6N5O2/c21-13-2-1-3-14(7-13)32-16-15(8-29-32)18(34)31(9-28-16)30-17(33)10-4-11(19(22,23)24)6-12(5-10)20(25,26)27/h1-9H,(H,30,33). The summed E-state index contributed by atoms with van der Waals surface area (Å²) in [6.45, 7) is 0. The molecule has 0 unspecified atom stereocenters. The molecule has 2 heterocycles. The molecule has 0 bridgehead atoms. The summed E-state index contributed by atoms with van der Waals surface area (Å²) in [4.78, 5) is 29.2. The number of fused-ring (bicyclic) bond motifs is 1. The molecule has 34 heavy (non-hydrogen) atoms. The molecule has 0 saturated heterocycles. The Morgan fingerprint density at radius 2 is 1.62 bits per heavy atom. The number of nitrogens with zero attached hydrogens (tertiary/aromatic N) is 4. The Kier molecular flexibility index (Phi) is 5.59. The van der Waals surface area contributed by atoms with Gasteiger partial charge in [-0.2, -0.15) is 31.4 Å². The van der Waals surface area contributed by atoms with E-state index in [9.17, 15) is 35.9 Å². The van der Waals surface area contributed by atoms with Gasteiger partial charge in [0.05, 0.1) is 23.0 Å². The summed E-state index contributed by atoms with van der Waals surface area (Å²) in [7, 11) is 0. The van der Waals surface area contributed by atoms with Gasteiger partial charge < -0.3 is 0 Å². The zero-order chi connectivity index (χ0) is 24.8. The van der Waals surface area contributed by atoms with Crippen LogP contribution >= 0.6 is 11.6 Å².